The molecule has 0 aromatic heterocycles. The first-order valence-electron chi connectivity index (χ1n) is 22.0. The van der Waals surface area contributed by atoms with Gasteiger partial charge in [-0.1, -0.05) is 163 Å². The number of ether oxygens (including phenoxy) is 1. The zero-order valence-electron chi connectivity index (χ0n) is 33.4. The zero-order chi connectivity index (χ0) is 35.2. The van der Waals surface area contributed by atoms with Gasteiger partial charge in [-0.15, -0.1) is 0 Å². The van der Waals surface area contributed by atoms with E-state index in [0.717, 1.165) is 57.9 Å². The van der Waals surface area contributed by atoms with Crippen LogP contribution in [0.2, 0.25) is 0 Å². The van der Waals surface area contributed by atoms with E-state index in [1.807, 2.05) is 0 Å². The van der Waals surface area contributed by atoms with Crippen molar-refractivity contribution in [3.8, 4) is 0 Å². The van der Waals surface area contributed by atoms with E-state index in [1.54, 1.807) is 0 Å². The molecule has 0 spiro atoms. The van der Waals surface area contributed by atoms with E-state index >= 15 is 0 Å². The van der Waals surface area contributed by atoms with Crippen molar-refractivity contribution < 1.29 is 14.3 Å². The summed E-state index contributed by atoms with van der Waals surface area (Å²) in [5.41, 5.74) is 0. The van der Waals surface area contributed by atoms with Crippen molar-refractivity contribution in [3.63, 3.8) is 0 Å². The minimum absolute atomic E-state index is 0.0391. The Balaban J connectivity index is 4.01. The maximum absolute atomic E-state index is 12.7. The lowest BCUT2D eigenvalue weighted by molar-refractivity contribution is -0.150. The number of unbranched alkanes of at least 4 members (excludes halogenated alkanes) is 23. The molecule has 4 nitrogen and oxygen atoms in total. The Morgan fingerprint density at radius 1 is 0.396 bits per heavy atom. The van der Waals surface area contributed by atoms with Gasteiger partial charge in [-0.3, -0.25) is 9.59 Å². The highest BCUT2D eigenvalue weighted by Crippen LogP contribution is 2.18. The smallest absolute Gasteiger partial charge is 0.306 e. The van der Waals surface area contributed by atoms with Crippen LogP contribution in [0.3, 0.4) is 0 Å². The molecule has 0 atom stereocenters. The summed E-state index contributed by atoms with van der Waals surface area (Å²) in [4.78, 5) is 27.6. The van der Waals surface area contributed by atoms with E-state index in [4.69, 9.17) is 4.74 Å². The first-order chi connectivity index (χ1) is 23.6. The number of carbonyl (C=O) groups is 2. The summed E-state index contributed by atoms with van der Waals surface area (Å²) in [6, 6.07) is 0. The fourth-order valence-electron chi connectivity index (χ4n) is 7.01. The molecular weight excluding hydrogens is 590 g/mol. The number of carbonyl (C=O) groups excluding carboxylic acids is 2. The minimum atomic E-state index is 0.0391. The molecule has 0 N–H and O–H groups in total. The Labute approximate surface area is 302 Å². The largest absolute Gasteiger partial charge is 0.462 e. The lowest BCUT2D eigenvalue weighted by Gasteiger charge is -2.21. The maximum atomic E-state index is 12.7. The Hall–Kier alpha value is -0.900. The van der Waals surface area contributed by atoms with Crippen molar-refractivity contribution in [2.45, 2.75) is 252 Å². The number of hydrogen-bond donors (Lipinski definition) is 0. The van der Waals surface area contributed by atoms with E-state index in [-0.39, 0.29) is 12.1 Å². The number of hydrogen-bond acceptors (Lipinski definition) is 4. The minimum Gasteiger partial charge on any atom is -0.462 e. The van der Waals surface area contributed by atoms with Gasteiger partial charge >= 0.3 is 5.97 Å². The van der Waals surface area contributed by atoms with Gasteiger partial charge in [0.05, 0.1) is 0 Å². The highest BCUT2D eigenvalue weighted by Gasteiger charge is 2.14. The molecule has 4 heteroatoms. The molecule has 0 fully saturated rings. The average Bonchev–Trinajstić information content (AvgIpc) is 3.08. The highest BCUT2D eigenvalue weighted by molar-refractivity contribution is 5.78. The molecule has 0 aromatic rings. The van der Waals surface area contributed by atoms with Gasteiger partial charge in [0.1, 0.15) is 11.9 Å². The molecular formula is C44H87NO3. The van der Waals surface area contributed by atoms with E-state index in [0.29, 0.717) is 12.2 Å². The summed E-state index contributed by atoms with van der Waals surface area (Å²) in [5.74, 6) is 0.529. The van der Waals surface area contributed by atoms with Gasteiger partial charge in [0.2, 0.25) is 0 Å². The van der Waals surface area contributed by atoms with Crippen LogP contribution in [-0.2, 0) is 14.3 Å². The summed E-state index contributed by atoms with van der Waals surface area (Å²) in [7, 11) is 0. The summed E-state index contributed by atoms with van der Waals surface area (Å²) in [6.45, 7) is 12.6. The topological polar surface area (TPSA) is 46.6 Å². The Morgan fingerprint density at radius 2 is 0.750 bits per heavy atom. The molecule has 0 aliphatic heterocycles. The number of ketones is 1. The van der Waals surface area contributed by atoms with Crippen molar-refractivity contribution in [2.24, 2.45) is 0 Å². The second kappa shape index (κ2) is 38.9. The van der Waals surface area contributed by atoms with Crippen LogP contribution in [0, 0.1) is 0 Å². The van der Waals surface area contributed by atoms with E-state index in [1.165, 1.54) is 174 Å². The molecule has 0 rings (SSSR count). The van der Waals surface area contributed by atoms with Gasteiger partial charge in [0, 0.05) is 19.3 Å². The van der Waals surface area contributed by atoms with Gasteiger partial charge in [-0.2, -0.15) is 0 Å². The fraction of sp³-hybridized carbons (Fsp3) is 0.955. The SMILES string of the molecule is CCCCCCCCCCC(=O)CCCCCCCN(CCC)CCCCCC(=O)OC(CCCCCCCC)CCCCCCCC. The van der Waals surface area contributed by atoms with Gasteiger partial charge in [-0.05, 0) is 83.8 Å². The zero-order valence-corrected chi connectivity index (χ0v) is 33.4. The van der Waals surface area contributed by atoms with Crippen LogP contribution in [0.4, 0.5) is 0 Å². The molecule has 0 radical (unpaired) electrons. The van der Waals surface area contributed by atoms with Crippen LogP contribution in [-0.4, -0.2) is 42.4 Å². The molecule has 0 aliphatic rings. The number of nitrogens with zero attached hydrogens (tertiary/aromatic N) is 1. The Bertz CT molecular complexity index is 650. The van der Waals surface area contributed by atoms with Gasteiger partial charge < -0.3 is 9.64 Å². The van der Waals surface area contributed by atoms with Crippen molar-refractivity contribution >= 4 is 11.8 Å². The molecule has 0 amide bonds. The Morgan fingerprint density at radius 3 is 1.19 bits per heavy atom. The van der Waals surface area contributed by atoms with Crippen molar-refractivity contribution in [2.75, 3.05) is 19.6 Å². The lowest BCUT2D eigenvalue weighted by atomic mass is 10.0. The fourth-order valence-corrected chi connectivity index (χ4v) is 7.01. The predicted molar refractivity (Wildman–Crippen MR) is 211 cm³/mol. The first-order valence-corrected chi connectivity index (χ1v) is 22.0. The second-order valence-corrected chi connectivity index (χ2v) is 15.2. The van der Waals surface area contributed by atoms with E-state index < -0.39 is 0 Å². The summed E-state index contributed by atoms with van der Waals surface area (Å²) in [6.07, 6.45) is 40.9. The van der Waals surface area contributed by atoms with Crippen LogP contribution in [0.1, 0.15) is 246 Å². The molecule has 0 saturated heterocycles. The van der Waals surface area contributed by atoms with Crippen LogP contribution < -0.4 is 0 Å². The summed E-state index contributed by atoms with van der Waals surface area (Å²) in [5, 5.41) is 0. The van der Waals surface area contributed by atoms with E-state index in [2.05, 4.69) is 32.6 Å². The molecule has 0 heterocycles. The number of Topliss-reactive ketones (excluding diaryl/α,β-unsaturated/α-hetero) is 1. The molecule has 0 saturated carbocycles. The average molecular weight is 678 g/mol. The third-order valence-corrected chi connectivity index (χ3v) is 10.2. The van der Waals surface area contributed by atoms with E-state index in [9.17, 15) is 9.59 Å². The van der Waals surface area contributed by atoms with Crippen molar-refractivity contribution in [1.29, 1.82) is 0 Å². The molecule has 48 heavy (non-hydrogen) atoms. The second-order valence-electron chi connectivity index (χ2n) is 15.2. The normalized spacial score (nSPS) is 11.6. The number of rotatable bonds is 40. The van der Waals surface area contributed by atoms with Crippen molar-refractivity contribution in [3.05, 3.63) is 0 Å². The lowest BCUT2D eigenvalue weighted by Crippen LogP contribution is -2.27. The monoisotopic (exact) mass is 678 g/mol. The molecule has 0 unspecified atom stereocenters. The van der Waals surface area contributed by atoms with Crippen LogP contribution in [0.25, 0.3) is 0 Å². The first kappa shape index (κ1) is 47.1. The highest BCUT2D eigenvalue weighted by atomic mass is 16.5. The van der Waals surface area contributed by atoms with Crippen LogP contribution in [0.15, 0.2) is 0 Å². The van der Waals surface area contributed by atoms with Crippen LogP contribution in [0.5, 0.6) is 0 Å². The maximum Gasteiger partial charge on any atom is 0.306 e. The Kier molecular flexibility index (Phi) is 38.2. The molecule has 286 valence electrons. The molecule has 0 bridgehead atoms. The van der Waals surface area contributed by atoms with Crippen LogP contribution >= 0.6 is 0 Å². The van der Waals surface area contributed by atoms with Gasteiger partial charge in [-0.25, -0.2) is 0 Å². The quantitative estimate of drug-likeness (QED) is 0.0478. The molecule has 0 aliphatic carbocycles. The van der Waals surface area contributed by atoms with Gasteiger partial charge in [0.15, 0.2) is 0 Å². The summed E-state index contributed by atoms with van der Waals surface area (Å²) < 4.78 is 6.05. The summed E-state index contributed by atoms with van der Waals surface area (Å²) >= 11 is 0. The van der Waals surface area contributed by atoms with Crippen molar-refractivity contribution in [1.82, 2.24) is 4.90 Å². The van der Waals surface area contributed by atoms with Gasteiger partial charge in [0.25, 0.3) is 0 Å². The third kappa shape index (κ3) is 34.9. The number of esters is 1. The molecule has 0 aromatic carbocycles. The predicted octanol–water partition coefficient (Wildman–Crippen LogP) is 14.1. The standard InChI is InChI=1S/C44H87NO3/c1-5-9-12-15-18-19-21-27-34-42(46)35-28-22-20-25-32-40-45(39-8-4)41-33-26-31-38-44(47)48-43(36-29-23-16-13-10-6-2)37-30-24-17-14-11-7-3/h43H,5-41H2,1-4H3. The third-order valence-electron chi connectivity index (χ3n) is 10.2.